The molecule has 0 radical (unpaired) electrons. The van der Waals surface area contributed by atoms with Crippen molar-refractivity contribution in [3.63, 3.8) is 0 Å². The van der Waals surface area contributed by atoms with Crippen LogP contribution in [0.4, 0.5) is 0 Å². The van der Waals surface area contributed by atoms with Crippen molar-refractivity contribution in [1.82, 2.24) is 9.88 Å². The maximum Gasteiger partial charge on any atom is 0.105 e. The van der Waals surface area contributed by atoms with Gasteiger partial charge in [0.2, 0.25) is 0 Å². The second-order valence-corrected chi connectivity index (χ2v) is 6.52. The predicted molar refractivity (Wildman–Crippen MR) is 88.6 cm³/mol. The predicted octanol–water partition coefficient (Wildman–Crippen LogP) is 4.78. The highest BCUT2D eigenvalue weighted by Crippen LogP contribution is 2.37. The summed E-state index contributed by atoms with van der Waals surface area (Å²) in [5.41, 5.74) is 1.40. The van der Waals surface area contributed by atoms with Gasteiger partial charge in [0.05, 0.1) is 0 Å². The van der Waals surface area contributed by atoms with E-state index in [1.807, 2.05) is 6.20 Å². The van der Waals surface area contributed by atoms with Crippen LogP contribution in [-0.2, 0) is 0 Å². The number of piperidine rings is 1. The fourth-order valence-electron chi connectivity index (χ4n) is 3.06. The first-order valence-corrected chi connectivity index (χ1v) is 8.62. The molecule has 1 aliphatic rings. The maximum atomic E-state index is 4.65. The van der Waals surface area contributed by atoms with E-state index in [1.165, 1.54) is 36.3 Å². The lowest BCUT2D eigenvalue weighted by molar-refractivity contribution is 0.154. The Morgan fingerprint density at radius 2 is 2.00 bits per heavy atom. The minimum Gasteiger partial charge on any atom is -0.297 e. The number of rotatable bonds is 4. The first-order valence-electron chi connectivity index (χ1n) is 7.80. The van der Waals surface area contributed by atoms with E-state index in [-0.39, 0.29) is 0 Å². The Balaban J connectivity index is 1.88. The van der Waals surface area contributed by atoms with Crippen molar-refractivity contribution in [3.8, 4) is 0 Å². The van der Waals surface area contributed by atoms with Gasteiger partial charge in [0.15, 0.2) is 0 Å². The van der Waals surface area contributed by atoms with Gasteiger partial charge in [-0.3, -0.25) is 4.90 Å². The Morgan fingerprint density at radius 1 is 1.14 bits per heavy atom. The van der Waals surface area contributed by atoms with Gasteiger partial charge in [-0.1, -0.05) is 49.4 Å². The lowest BCUT2D eigenvalue weighted by Crippen LogP contribution is -2.33. The van der Waals surface area contributed by atoms with Gasteiger partial charge in [-0.25, -0.2) is 4.98 Å². The minimum absolute atomic E-state index is 0.531. The van der Waals surface area contributed by atoms with E-state index in [9.17, 15) is 0 Å². The van der Waals surface area contributed by atoms with Crippen molar-refractivity contribution in [2.45, 2.75) is 42.1 Å². The molecule has 0 N–H and O–H groups in total. The van der Waals surface area contributed by atoms with Gasteiger partial charge < -0.3 is 0 Å². The number of benzene rings is 1. The second kappa shape index (κ2) is 7.10. The molecule has 2 nitrogen and oxygen atoms in total. The van der Waals surface area contributed by atoms with Crippen molar-refractivity contribution in [2.75, 3.05) is 13.1 Å². The highest BCUT2D eigenvalue weighted by atomic mass is 32.2. The van der Waals surface area contributed by atoms with E-state index >= 15 is 0 Å². The standard InChI is InChI=1S/C18H22N2S/c1-2-20-14-7-6-12-17(20)16-11-8-13-19-18(16)21-15-9-4-3-5-10-15/h3-5,8-11,13,17H,2,6-7,12,14H2,1H3. The van der Waals surface area contributed by atoms with Crippen LogP contribution in [-0.4, -0.2) is 23.0 Å². The van der Waals surface area contributed by atoms with Crippen molar-refractivity contribution in [3.05, 3.63) is 54.2 Å². The topological polar surface area (TPSA) is 16.1 Å². The molecular weight excluding hydrogens is 276 g/mol. The molecule has 2 aromatic rings. The molecule has 0 aliphatic carbocycles. The first kappa shape index (κ1) is 14.6. The maximum absolute atomic E-state index is 4.65. The second-order valence-electron chi connectivity index (χ2n) is 5.45. The molecule has 1 aliphatic heterocycles. The molecule has 3 rings (SSSR count). The third kappa shape index (κ3) is 3.47. The molecule has 21 heavy (non-hydrogen) atoms. The Labute approximate surface area is 131 Å². The summed E-state index contributed by atoms with van der Waals surface area (Å²) in [6.45, 7) is 4.60. The summed E-state index contributed by atoms with van der Waals surface area (Å²) in [4.78, 5) is 8.51. The largest absolute Gasteiger partial charge is 0.297 e. The zero-order valence-electron chi connectivity index (χ0n) is 12.5. The van der Waals surface area contributed by atoms with Gasteiger partial charge in [-0.2, -0.15) is 0 Å². The number of nitrogens with zero attached hydrogens (tertiary/aromatic N) is 2. The van der Waals surface area contributed by atoms with Crippen LogP contribution >= 0.6 is 11.8 Å². The first-order chi connectivity index (χ1) is 10.4. The lowest BCUT2D eigenvalue weighted by atomic mass is 9.96. The number of likely N-dealkylation sites (tertiary alicyclic amines) is 1. The summed E-state index contributed by atoms with van der Waals surface area (Å²) in [6.07, 6.45) is 5.81. The zero-order valence-corrected chi connectivity index (χ0v) is 13.4. The van der Waals surface area contributed by atoms with Crippen molar-refractivity contribution in [2.24, 2.45) is 0 Å². The van der Waals surface area contributed by atoms with Gasteiger partial charge in [0.1, 0.15) is 5.03 Å². The van der Waals surface area contributed by atoms with Crippen LogP contribution in [0.2, 0.25) is 0 Å². The molecule has 1 aromatic carbocycles. The van der Waals surface area contributed by atoms with Crippen LogP contribution in [0.1, 0.15) is 37.8 Å². The highest BCUT2D eigenvalue weighted by molar-refractivity contribution is 7.99. The fourth-order valence-corrected chi connectivity index (χ4v) is 4.02. The van der Waals surface area contributed by atoms with Crippen LogP contribution in [0.25, 0.3) is 0 Å². The van der Waals surface area contributed by atoms with E-state index in [0.717, 1.165) is 11.6 Å². The molecule has 1 atom stereocenters. The van der Waals surface area contributed by atoms with Crippen molar-refractivity contribution >= 4 is 11.8 Å². The molecule has 0 saturated carbocycles. The summed E-state index contributed by atoms with van der Waals surface area (Å²) < 4.78 is 0. The average molecular weight is 298 g/mol. The van der Waals surface area contributed by atoms with E-state index in [2.05, 4.69) is 59.3 Å². The molecule has 0 spiro atoms. The number of pyridine rings is 1. The SMILES string of the molecule is CCN1CCCCC1c1cccnc1Sc1ccccc1. The number of aromatic nitrogens is 1. The van der Waals surface area contributed by atoms with Crippen LogP contribution in [0, 0.1) is 0 Å². The molecule has 3 heteroatoms. The van der Waals surface area contributed by atoms with E-state index < -0.39 is 0 Å². The van der Waals surface area contributed by atoms with E-state index in [1.54, 1.807) is 11.8 Å². The number of hydrogen-bond donors (Lipinski definition) is 0. The molecule has 1 aromatic heterocycles. The van der Waals surface area contributed by atoms with Gasteiger partial charge in [0.25, 0.3) is 0 Å². The van der Waals surface area contributed by atoms with Gasteiger partial charge in [-0.05, 0) is 44.1 Å². The van der Waals surface area contributed by atoms with Gasteiger partial charge >= 0.3 is 0 Å². The van der Waals surface area contributed by atoms with Crippen molar-refractivity contribution in [1.29, 1.82) is 0 Å². The zero-order chi connectivity index (χ0) is 14.5. The smallest absolute Gasteiger partial charge is 0.105 e. The summed E-state index contributed by atoms with van der Waals surface area (Å²) in [6, 6.07) is 15.4. The Hall–Kier alpha value is -1.32. The molecule has 2 heterocycles. The quantitative estimate of drug-likeness (QED) is 0.808. The molecule has 110 valence electrons. The van der Waals surface area contributed by atoms with Crippen LogP contribution in [0.3, 0.4) is 0 Å². The number of hydrogen-bond acceptors (Lipinski definition) is 3. The normalized spacial score (nSPS) is 19.6. The fraction of sp³-hybridized carbons (Fsp3) is 0.389. The Morgan fingerprint density at radius 3 is 2.81 bits per heavy atom. The Bertz CT molecular complexity index is 570. The van der Waals surface area contributed by atoms with Gasteiger partial charge in [-0.15, -0.1) is 0 Å². The van der Waals surface area contributed by atoms with E-state index in [0.29, 0.717) is 6.04 Å². The average Bonchev–Trinajstić information content (AvgIpc) is 2.56. The molecule has 0 bridgehead atoms. The highest BCUT2D eigenvalue weighted by Gasteiger charge is 2.25. The van der Waals surface area contributed by atoms with Crippen LogP contribution in [0.5, 0.6) is 0 Å². The molecule has 1 unspecified atom stereocenters. The van der Waals surface area contributed by atoms with E-state index in [4.69, 9.17) is 0 Å². The lowest BCUT2D eigenvalue weighted by Gasteiger charge is -2.35. The summed E-state index contributed by atoms with van der Waals surface area (Å²) in [7, 11) is 0. The summed E-state index contributed by atoms with van der Waals surface area (Å²) in [5.74, 6) is 0. The van der Waals surface area contributed by atoms with Gasteiger partial charge in [0, 0.05) is 22.7 Å². The molecule has 1 fully saturated rings. The third-order valence-electron chi connectivity index (χ3n) is 4.14. The Kier molecular flexibility index (Phi) is 4.94. The molecule has 1 saturated heterocycles. The third-order valence-corrected chi connectivity index (χ3v) is 5.18. The van der Waals surface area contributed by atoms with Crippen molar-refractivity contribution < 1.29 is 0 Å². The minimum atomic E-state index is 0.531. The summed E-state index contributed by atoms with van der Waals surface area (Å²) in [5, 5.41) is 1.16. The molecular formula is C18H22N2S. The van der Waals surface area contributed by atoms with Crippen LogP contribution in [0.15, 0.2) is 58.6 Å². The monoisotopic (exact) mass is 298 g/mol. The summed E-state index contributed by atoms with van der Waals surface area (Å²) >= 11 is 1.78. The van der Waals surface area contributed by atoms with Crippen LogP contribution < -0.4 is 0 Å². The molecule has 0 amide bonds.